The van der Waals surface area contributed by atoms with Crippen molar-refractivity contribution in [1.29, 1.82) is 0 Å². The van der Waals surface area contributed by atoms with E-state index in [2.05, 4.69) is 26.3 Å². The third-order valence-corrected chi connectivity index (χ3v) is 4.14. The summed E-state index contributed by atoms with van der Waals surface area (Å²) in [6, 6.07) is 14.0. The van der Waals surface area contributed by atoms with E-state index in [1.807, 2.05) is 30.3 Å². The Morgan fingerprint density at radius 1 is 1.10 bits per heavy atom. The number of fused-ring (bicyclic) bond motifs is 1. The number of nitrogens with two attached hydrogens (primary N) is 1. The first kappa shape index (κ1) is 14.1. The fourth-order valence-corrected chi connectivity index (χ4v) is 3.06. The van der Waals surface area contributed by atoms with E-state index >= 15 is 0 Å². The molecule has 3 nitrogen and oxygen atoms in total. The van der Waals surface area contributed by atoms with Crippen LogP contribution in [0, 0.1) is 5.82 Å². The van der Waals surface area contributed by atoms with E-state index in [9.17, 15) is 4.39 Å². The summed E-state index contributed by atoms with van der Waals surface area (Å²) in [5.41, 5.74) is 4.93. The van der Waals surface area contributed by atoms with Crippen LogP contribution in [-0.4, -0.2) is 4.98 Å². The van der Waals surface area contributed by atoms with Crippen LogP contribution in [0.5, 0.6) is 0 Å². The molecule has 0 saturated carbocycles. The molecule has 3 aromatic rings. The highest BCUT2D eigenvalue weighted by atomic mass is 79.9. The van der Waals surface area contributed by atoms with Gasteiger partial charge in [-0.3, -0.25) is 10.8 Å². The number of aromatic nitrogens is 1. The quantitative estimate of drug-likeness (QED) is 0.562. The molecule has 1 atom stereocenters. The number of hydrazine groups is 1. The molecule has 0 amide bonds. The zero-order valence-corrected chi connectivity index (χ0v) is 12.6. The molecule has 0 spiro atoms. The monoisotopic (exact) mass is 345 g/mol. The van der Waals surface area contributed by atoms with E-state index in [1.165, 1.54) is 6.07 Å². The molecule has 3 rings (SSSR count). The van der Waals surface area contributed by atoms with Crippen LogP contribution >= 0.6 is 15.9 Å². The molecule has 0 saturated heterocycles. The summed E-state index contributed by atoms with van der Waals surface area (Å²) in [4.78, 5) is 4.32. The van der Waals surface area contributed by atoms with Gasteiger partial charge in [0.25, 0.3) is 0 Å². The molecule has 3 N–H and O–H groups in total. The van der Waals surface area contributed by atoms with Gasteiger partial charge in [-0.05, 0) is 29.8 Å². The van der Waals surface area contributed by atoms with Crippen molar-refractivity contribution in [2.45, 2.75) is 6.04 Å². The molecule has 0 aliphatic heterocycles. The summed E-state index contributed by atoms with van der Waals surface area (Å²) in [6.45, 7) is 0. The van der Waals surface area contributed by atoms with Crippen molar-refractivity contribution in [3.63, 3.8) is 0 Å². The van der Waals surface area contributed by atoms with Gasteiger partial charge in [0.15, 0.2) is 0 Å². The Bertz CT molecular complexity index is 766. The molecule has 1 heterocycles. The zero-order chi connectivity index (χ0) is 14.8. The van der Waals surface area contributed by atoms with Gasteiger partial charge in [-0.25, -0.2) is 9.82 Å². The average Bonchev–Trinajstić information content (AvgIpc) is 2.51. The van der Waals surface area contributed by atoms with Crippen LogP contribution in [-0.2, 0) is 0 Å². The van der Waals surface area contributed by atoms with Crippen molar-refractivity contribution in [2.75, 3.05) is 0 Å². The fraction of sp³-hybridized carbons (Fsp3) is 0.0625. The summed E-state index contributed by atoms with van der Waals surface area (Å²) < 4.78 is 14.9. The second-order valence-electron chi connectivity index (χ2n) is 4.65. The molecule has 5 heteroatoms. The summed E-state index contributed by atoms with van der Waals surface area (Å²) in [5.74, 6) is 5.40. The standard InChI is InChI=1S/C16H13BrFN3/c17-12-6-2-7-13(18)15(12)16(21-19)11-4-1-8-14-10(11)5-3-9-20-14/h1-9,16,21H,19H2. The molecule has 0 aliphatic carbocycles. The van der Waals surface area contributed by atoms with Crippen LogP contribution in [0.4, 0.5) is 4.39 Å². The maximum atomic E-state index is 14.2. The van der Waals surface area contributed by atoms with Gasteiger partial charge >= 0.3 is 0 Å². The van der Waals surface area contributed by atoms with E-state index in [0.717, 1.165) is 16.5 Å². The minimum absolute atomic E-state index is 0.312. The van der Waals surface area contributed by atoms with Crippen LogP contribution in [0.25, 0.3) is 10.9 Å². The van der Waals surface area contributed by atoms with Crippen molar-refractivity contribution in [3.8, 4) is 0 Å². The maximum Gasteiger partial charge on any atom is 0.129 e. The normalized spacial score (nSPS) is 12.5. The summed E-state index contributed by atoms with van der Waals surface area (Å²) in [5, 5.41) is 0.943. The molecular weight excluding hydrogens is 333 g/mol. The van der Waals surface area contributed by atoms with Crippen LogP contribution in [0.15, 0.2) is 59.2 Å². The van der Waals surface area contributed by atoms with Crippen molar-refractivity contribution in [1.82, 2.24) is 10.4 Å². The summed E-state index contributed by atoms with van der Waals surface area (Å²) in [7, 11) is 0. The Labute approximate surface area is 130 Å². The molecule has 0 aliphatic rings. The van der Waals surface area contributed by atoms with Gasteiger partial charge < -0.3 is 0 Å². The Balaban J connectivity index is 2.24. The molecule has 1 aromatic heterocycles. The average molecular weight is 346 g/mol. The van der Waals surface area contributed by atoms with Gasteiger partial charge in [-0.15, -0.1) is 0 Å². The van der Waals surface area contributed by atoms with Crippen LogP contribution in [0.1, 0.15) is 17.2 Å². The predicted molar refractivity (Wildman–Crippen MR) is 85.0 cm³/mol. The van der Waals surface area contributed by atoms with E-state index in [-0.39, 0.29) is 5.82 Å². The van der Waals surface area contributed by atoms with Gasteiger partial charge in [-0.1, -0.05) is 40.2 Å². The van der Waals surface area contributed by atoms with E-state index in [4.69, 9.17) is 5.84 Å². The number of hydrogen-bond acceptors (Lipinski definition) is 3. The third-order valence-electron chi connectivity index (χ3n) is 3.45. The summed E-state index contributed by atoms with van der Waals surface area (Å²) in [6.07, 6.45) is 1.73. The van der Waals surface area contributed by atoms with E-state index in [1.54, 1.807) is 18.3 Å². The van der Waals surface area contributed by atoms with Gasteiger partial charge in [0.1, 0.15) is 5.82 Å². The lowest BCUT2D eigenvalue weighted by Gasteiger charge is -2.20. The lowest BCUT2D eigenvalue weighted by molar-refractivity contribution is 0.559. The van der Waals surface area contributed by atoms with Gasteiger partial charge in [0, 0.05) is 21.6 Å². The fourth-order valence-electron chi connectivity index (χ4n) is 2.49. The molecular formula is C16H13BrFN3. The van der Waals surface area contributed by atoms with Crippen LogP contribution < -0.4 is 11.3 Å². The SMILES string of the molecule is NNC(c1c(F)cccc1Br)c1cccc2ncccc12. The molecule has 0 radical (unpaired) electrons. The number of benzene rings is 2. The minimum atomic E-state index is -0.464. The van der Waals surface area contributed by atoms with Gasteiger partial charge in [0.05, 0.1) is 11.6 Å². The predicted octanol–water partition coefficient (Wildman–Crippen LogP) is 3.69. The first-order valence-corrected chi connectivity index (χ1v) is 7.25. The Kier molecular flexibility index (Phi) is 3.96. The number of hydrogen-bond donors (Lipinski definition) is 2. The number of rotatable bonds is 3. The van der Waals surface area contributed by atoms with Gasteiger partial charge in [-0.2, -0.15) is 0 Å². The smallest absolute Gasteiger partial charge is 0.129 e. The Morgan fingerprint density at radius 3 is 2.67 bits per heavy atom. The first-order valence-electron chi connectivity index (χ1n) is 6.46. The van der Waals surface area contributed by atoms with Crippen molar-refractivity contribution < 1.29 is 4.39 Å². The number of halogens is 2. The van der Waals surface area contributed by atoms with Crippen molar-refractivity contribution in [3.05, 3.63) is 76.1 Å². The van der Waals surface area contributed by atoms with Crippen molar-refractivity contribution in [2.24, 2.45) is 5.84 Å². The Morgan fingerprint density at radius 2 is 1.90 bits per heavy atom. The molecule has 0 fully saturated rings. The van der Waals surface area contributed by atoms with E-state index in [0.29, 0.717) is 10.0 Å². The van der Waals surface area contributed by atoms with Crippen LogP contribution in [0.3, 0.4) is 0 Å². The molecule has 1 unspecified atom stereocenters. The maximum absolute atomic E-state index is 14.2. The topological polar surface area (TPSA) is 50.9 Å². The molecule has 106 valence electrons. The molecule has 21 heavy (non-hydrogen) atoms. The number of nitrogens with one attached hydrogen (secondary N) is 1. The third kappa shape index (κ3) is 2.55. The summed E-state index contributed by atoms with van der Waals surface area (Å²) >= 11 is 3.40. The van der Waals surface area contributed by atoms with Gasteiger partial charge in [0.2, 0.25) is 0 Å². The largest absolute Gasteiger partial charge is 0.271 e. The zero-order valence-electron chi connectivity index (χ0n) is 11.1. The molecule has 2 aromatic carbocycles. The highest BCUT2D eigenvalue weighted by Gasteiger charge is 2.21. The molecule has 0 bridgehead atoms. The highest BCUT2D eigenvalue weighted by molar-refractivity contribution is 9.10. The lowest BCUT2D eigenvalue weighted by Crippen LogP contribution is -2.30. The minimum Gasteiger partial charge on any atom is -0.271 e. The number of pyridine rings is 1. The lowest BCUT2D eigenvalue weighted by atomic mass is 9.95. The Hall–Kier alpha value is -1.82. The van der Waals surface area contributed by atoms with Crippen molar-refractivity contribution >= 4 is 26.8 Å². The number of nitrogens with zero attached hydrogens (tertiary/aromatic N) is 1. The second-order valence-corrected chi connectivity index (χ2v) is 5.51. The first-order chi connectivity index (χ1) is 10.2. The van der Waals surface area contributed by atoms with E-state index < -0.39 is 6.04 Å². The van der Waals surface area contributed by atoms with Crippen LogP contribution in [0.2, 0.25) is 0 Å². The highest BCUT2D eigenvalue weighted by Crippen LogP contribution is 2.33. The second kappa shape index (κ2) is 5.89.